The fraction of sp³-hybridized carbons (Fsp3) is 0.308. The zero-order chi connectivity index (χ0) is 11.5. The number of nitrogens with zero attached hydrogens (tertiary/aromatic N) is 1. The molecule has 1 fully saturated rings. The Kier molecular flexibility index (Phi) is 2.82. The van der Waals surface area contributed by atoms with Gasteiger partial charge in [-0.1, -0.05) is 12.1 Å². The lowest BCUT2D eigenvalue weighted by Gasteiger charge is -2.08. The highest BCUT2D eigenvalue weighted by Crippen LogP contribution is 2.37. The minimum Gasteiger partial charge on any atom is -0.312 e. The molecule has 2 rings (SSSR count). The van der Waals surface area contributed by atoms with E-state index in [9.17, 15) is 4.79 Å². The Morgan fingerprint density at radius 3 is 2.50 bits per heavy atom. The first kappa shape index (κ1) is 10.6. The van der Waals surface area contributed by atoms with Crippen molar-refractivity contribution in [2.45, 2.75) is 12.8 Å². The highest BCUT2D eigenvalue weighted by molar-refractivity contribution is 6.06. The smallest absolute Gasteiger partial charge is 0.171 e. The van der Waals surface area contributed by atoms with Crippen LogP contribution >= 0.6 is 0 Å². The van der Waals surface area contributed by atoms with E-state index >= 15 is 0 Å². The standard InChI is InChI=1S/C13H12N2O/c14-7-9-1-3-11(4-2-9)13(16)12(8-15)10-5-6-10/h1-4,8,10,12,15H,5-6H2. The third-order valence-electron chi connectivity index (χ3n) is 2.91. The van der Waals surface area contributed by atoms with Crippen LogP contribution in [0.5, 0.6) is 0 Å². The maximum atomic E-state index is 12.0. The monoisotopic (exact) mass is 212 g/mol. The normalized spacial score (nSPS) is 16.2. The Labute approximate surface area is 94.2 Å². The Hall–Kier alpha value is -1.95. The van der Waals surface area contributed by atoms with Gasteiger partial charge >= 0.3 is 0 Å². The van der Waals surface area contributed by atoms with E-state index in [1.807, 2.05) is 6.07 Å². The number of nitrogens with one attached hydrogen (secondary N) is 1. The van der Waals surface area contributed by atoms with E-state index in [1.54, 1.807) is 24.3 Å². The van der Waals surface area contributed by atoms with Crippen molar-refractivity contribution >= 4 is 12.0 Å². The fourth-order valence-electron chi connectivity index (χ4n) is 1.78. The molecule has 1 N–H and O–H groups in total. The predicted molar refractivity (Wildman–Crippen MR) is 60.5 cm³/mol. The number of Topliss-reactive ketones (excluding diaryl/α,β-unsaturated/α-hetero) is 1. The van der Waals surface area contributed by atoms with Crippen LogP contribution in [0.3, 0.4) is 0 Å². The molecular weight excluding hydrogens is 200 g/mol. The van der Waals surface area contributed by atoms with E-state index in [-0.39, 0.29) is 11.7 Å². The summed E-state index contributed by atoms with van der Waals surface area (Å²) in [5.41, 5.74) is 1.15. The van der Waals surface area contributed by atoms with E-state index in [2.05, 4.69) is 0 Å². The van der Waals surface area contributed by atoms with Crippen molar-refractivity contribution in [2.24, 2.45) is 11.8 Å². The summed E-state index contributed by atoms with van der Waals surface area (Å²) in [5.74, 6) is 0.0931. The largest absolute Gasteiger partial charge is 0.312 e. The van der Waals surface area contributed by atoms with Gasteiger partial charge in [-0.2, -0.15) is 5.26 Å². The van der Waals surface area contributed by atoms with Crippen LogP contribution in [0.1, 0.15) is 28.8 Å². The summed E-state index contributed by atoms with van der Waals surface area (Å²) in [5, 5.41) is 15.9. The Balaban J connectivity index is 2.19. The summed E-state index contributed by atoms with van der Waals surface area (Å²) in [6.07, 6.45) is 3.34. The van der Waals surface area contributed by atoms with Gasteiger partial charge < -0.3 is 5.41 Å². The molecule has 1 unspecified atom stereocenters. The minimum absolute atomic E-state index is 0.00184. The van der Waals surface area contributed by atoms with Gasteiger partial charge in [-0.05, 0) is 30.9 Å². The molecule has 0 saturated heterocycles. The summed E-state index contributed by atoms with van der Waals surface area (Å²) >= 11 is 0. The van der Waals surface area contributed by atoms with Crippen LogP contribution in [0.2, 0.25) is 0 Å². The van der Waals surface area contributed by atoms with Crippen LogP contribution in [0, 0.1) is 28.6 Å². The predicted octanol–water partition coefficient (Wildman–Crippen LogP) is 2.42. The molecule has 0 radical (unpaired) electrons. The van der Waals surface area contributed by atoms with E-state index in [0.29, 0.717) is 17.0 Å². The average molecular weight is 212 g/mol. The molecule has 80 valence electrons. The van der Waals surface area contributed by atoms with Crippen LogP contribution in [0.4, 0.5) is 0 Å². The average Bonchev–Trinajstić information content (AvgIpc) is 3.14. The van der Waals surface area contributed by atoms with E-state index in [0.717, 1.165) is 12.8 Å². The molecule has 0 bridgehead atoms. The molecule has 3 heteroatoms. The van der Waals surface area contributed by atoms with Gasteiger partial charge in [0.25, 0.3) is 0 Å². The molecule has 0 aromatic heterocycles. The maximum absolute atomic E-state index is 12.0. The van der Waals surface area contributed by atoms with Crippen LogP contribution < -0.4 is 0 Å². The number of nitriles is 1. The zero-order valence-electron chi connectivity index (χ0n) is 8.81. The number of hydrogen-bond donors (Lipinski definition) is 1. The van der Waals surface area contributed by atoms with Crippen molar-refractivity contribution in [1.29, 1.82) is 10.7 Å². The molecule has 0 aliphatic heterocycles. The second kappa shape index (κ2) is 4.28. The van der Waals surface area contributed by atoms with Gasteiger partial charge in [0, 0.05) is 11.8 Å². The molecule has 1 aliphatic rings. The fourth-order valence-corrected chi connectivity index (χ4v) is 1.78. The first-order valence-corrected chi connectivity index (χ1v) is 5.31. The molecule has 1 saturated carbocycles. The first-order chi connectivity index (χ1) is 7.76. The Morgan fingerprint density at radius 2 is 2.06 bits per heavy atom. The van der Waals surface area contributed by atoms with E-state index in [4.69, 9.17) is 10.7 Å². The van der Waals surface area contributed by atoms with Crippen molar-refractivity contribution in [2.75, 3.05) is 0 Å². The van der Waals surface area contributed by atoms with Crippen molar-refractivity contribution < 1.29 is 4.79 Å². The number of ketones is 1. The minimum atomic E-state index is -0.270. The third-order valence-corrected chi connectivity index (χ3v) is 2.91. The number of hydrogen-bond acceptors (Lipinski definition) is 3. The van der Waals surface area contributed by atoms with Gasteiger partial charge in [0.15, 0.2) is 5.78 Å². The maximum Gasteiger partial charge on any atom is 0.171 e. The zero-order valence-corrected chi connectivity index (χ0v) is 8.81. The Morgan fingerprint density at radius 1 is 1.44 bits per heavy atom. The topological polar surface area (TPSA) is 64.7 Å². The first-order valence-electron chi connectivity index (χ1n) is 5.31. The molecule has 0 spiro atoms. The van der Waals surface area contributed by atoms with Crippen LogP contribution in [-0.4, -0.2) is 12.0 Å². The number of benzene rings is 1. The van der Waals surface area contributed by atoms with Gasteiger partial charge in [-0.25, -0.2) is 0 Å². The lowest BCUT2D eigenvalue weighted by atomic mass is 9.94. The molecule has 1 aliphatic carbocycles. The lowest BCUT2D eigenvalue weighted by molar-refractivity contribution is 0.0946. The Bertz CT molecular complexity index is 452. The molecular formula is C13H12N2O. The quantitative estimate of drug-likeness (QED) is 0.615. The summed E-state index contributed by atoms with van der Waals surface area (Å²) in [7, 11) is 0. The summed E-state index contributed by atoms with van der Waals surface area (Å²) in [6, 6.07) is 8.63. The van der Waals surface area contributed by atoms with Crippen molar-refractivity contribution in [3.05, 3.63) is 35.4 Å². The summed E-state index contributed by atoms with van der Waals surface area (Å²) in [6.45, 7) is 0. The molecule has 3 nitrogen and oxygen atoms in total. The second-order valence-electron chi connectivity index (χ2n) is 4.08. The van der Waals surface area contributed by atoms with Crippen LogP contribution in [0.25, 0.3) is 0 Å². The SMILES string of the molecule is N#Cc1ccc(C(=O)C(C=N)C2CC2)cc1. The van der Waals surface area contributed by atoms with Gasteiger partial charge in [0.2, 0.25) is 0 Å². The highest BCUT2D eigenvalue weighted by atomic mass is 16.1. The third kappa shape index (κ3) is 2.01. The van der Waals surface area contributed by atoms with Crippen molar-refractivity contribution in [3.8, 4) is 6.07 Å². The van der Waals surface area contributed by atoms with Gasteiger partial charge in [-0.3, -0.25) is 4.79 Å². The van der Waals surface area contributed by atoms with E-state index < -0.39 is 0 Å². The lowest BCUT2D eigenvalue weighted by Crippen LogP contribution is -2.17. The van der Waals surface area contributed by atoms with Crippen LogP contribution in [0.15, 0.2) is 24.3 Å². The molecule has 1 aromatic rings. The van der Waals surface area contributed by atoms with Gasteiger partial charge in [0.05, 0.1) is 17.6 Å². The summed E-state index contributed by atoms with van der Waals surface area (Å²) in [4.78, 5) is 12.0. The number of rotatable bonds is 4. The molecule has 0 heterocycles. The van der Waals surface area contributed by atoms with Gasteiger partial charge in [0.1, 0.15) is 0 Å². The highest BCUT2D eigenvalue weighted by Gasteiger charge is 2.34. The summed E-state index contributed by atoms with van der Waals surface area (Å²) < 4.78 is 0. The van der Waals surface area contributed by atoms with Gasteiger partial charge in [-0.15, -0.1) is 0 Å². The number of carbonyl (C=O) groups excluding carboxylic acids is 1. The molecule has 1 atom stereocenters. The van der Waals surface area contributed by atoms with Crippen molar-refractivity contribution in [1.82, 2.24) is 0 Å². The molecule has 0 amide bonds. The van der Waals surface area contributed by atoms with Crippen LogP contribution in [-0.2, 0) is 0 Å². The van der Waals surface area contributed by atoms with E-state index in [1.165, 1.54) is 6.21 Å². The van der Waals surface area contributed by atoms with Crippen molar-refractivity contribution in [3.63, 3.8) is 0 Å². The molecule has 1 aromatic carbocycles. The molecule has 16 heavy (non-hydrogen) atoms. The second-order valence-corrected chi connectivity index (χ2v) is 4.08. The number of carbonyl (C=O) groups is 1.